The Labute approximate surface area is 818 Å². The number of fused-ring (bicyclic) bond motifs is 31. The van der Waals surface area contributed by atoms with Crippen LogP contribution in [-0.2, 0) is 77.0 Å². The van der Waals surface area contributed by atoms with E-state index in [-0.39, 0.29) is 0 Å². The number of hydrogen-bond donors (Lipinski definition) is 0. The summed E-state index contributed by atoms with van der Waals surface area (Å²) >= 11 is 0. The molecule has 15 aromatic rings. The molecule has 27 rings (SSSR count). The van der Waals surface area contributed by atoms with Crippen LogP contribution in [0.4, 0.5) is 51.2 Å². The van der Waals surface area contributed by atoms with Gasteiger partial charge in [0.2, 0.25) is 0 Å². The first kappa shape index (κ1) is 105. The Morgan fingerprint density at radius 1 is 0.126 bits per heavy atom. The lowest BCUT2D eigenvalue weighted by atomic mass is 9.85. The zero-order valence-corrected chi connectivity index (χ0v) is 88.3. The molecule has 0 amide bonds. The summed E-state index contributed by atoms with van der Waals surface area (Å²) in [5.41, 5.74) is 64.8. The molecular formula is C132H159N3. The summed E-state index contributed by atoms with van der Waals surface area (Å²) in [5.74, 6) is 0. The van der Waals surface area contributed by atoms with Crippen molar-refractivity contribution in [1.82, 2.24) is 0 Å². The lowest BCUT2D eigenvalue weighted by molar-refractivity contribution is 1.01. The molecule has 702 valence electrons. The molecule has 12 aliphatic rings. The van der Waals surface area contributed by atoms with Crippen LogP contribution in [0.25, 0.3) is 66.8 Å². The number of para-hydroxylation sites is 6. The molecule has 3 heteroatoms. The number of rotatable bonds is 0. The van der Waals surface area contributed by atoms with Crippen molar-refractivity contribution in [1.29, 1.82) is 0 Å². The molecule has 135 heavy (non-hydrogen) atoms. The van der Waals surface area contributed by atoms with Gasteiger partial charge >= 0.3 is 0 Å². The van der Waals surface area contributed by atoms with Crippen LogP contribution in [0.2, 0.25) is 0 Å². The van der Waals surface area contributed by atoms with Crippen LogP contribution in [0.15, 0.2) is 273 Å². The zero-order chi connectivity index (χ0) is 98.0. The second-order valence-electron chi connectivity index (χ2n) is 31.6. The average molecular weight is 1790 g/mol. The van der Waals surface area contributed by atoms with Gasteiger partial charge in [0, 0.05) is 55.6 Å². The van der Waals surface area contributed by atoms with Gasteiger partial charge < -0.3 is 14.7 Å². The molecule has 0 N–H and O–H groups in total. The van der Waals surface area contributed by atoms with E-state index in [1.165, 1.54) is 251 Å². The summed E-state index contributed by atoms with van der Waals surface area (Å²) in [4.78, 5) is 7.68. The summed E-state index contributed by atoms with van der Waals surface area (Å²) in [5, 5.41) is 0. The average Bonchev–Trinajstić information content (AvgIpc) is 1.71. The minimum Gasteiger partial charge on any atom is -0.309 e. The van der Waals surface area contributed by atoms with E-state index < -0.39 is 0 Å². The fourth-order valence-electron chi connectivity index (χ4n) is 21.5. The van der Waals surface area contributed by atoms with E-state index in [1.807, 2.05) is 208 Å². The molecule has 0 radical (unpaired) electrons. The Bertz CT molecular complexity index is 6490. The van der Waals surface area contributed by atoms with Crippen LogP contribution in [0.5, 0.6) is 0 Å². The van der Waals surface area contributed by atoms with E-state index in [0.29, 0.717) is 0 Å². The standard InChI is InChI=1S/3C34H23N.15C2H6/c1-3-10-28-20(6-1)12-24-17-30-25(16-29(24)28)15-26-19-33-27(18-31(26)30)14-23-9-5-8-22-13-21-7-2-4-11-32(21)35(33)34(22)23;1-3-10-28-20(6-1)12-24-15-25-16-26-18-33-27(17-29(26)31(25)19-30(24)28)14-23-9-5-8-22-13-21-7-2-4-11-32(21)35(33)34(22)23;1-3-10-27-20(6-1)14-22-12-13-28-29-18-26-16-24-9-5-8-23-15-21-7-2-4-11-31(21)35(34(23)24)32(26)19-25(29)17-30(28)33(22)27;15*1-2/h1-11,16-19H,12-15H2;1-11,15,17-19H,12-14,16H2;1-13,18-19H,14-17H2;15*1-2H3. The van der Waals surface area contributed by atoms with E-state index in [9.17, 15) is 0 Å². The Hall–Kier alpha value is -12.3. The van der Waals surface area contributed by atoms with Gasteiger partial charge in [-0.2, -0.15) is 0 Å². The fourth-order valence-corrected chi connectivity index (χ4v) is 21.5. The summed E-state index contributed by atoms with van der Waals surface area (Å²) in [7, 11) is 0. The SMILES string of the molecule is CC.CC.CC.CC.CC.CC.CC.CC.CC.CC.CC.CC.CC.CC.CC.c1ccc2c(c1)Cc1cc3c(cc1-2)-c1cc2c(cc1C3)N1c3ccccc3Cc3cccc(c31)C2.c1ccc2c(c1)Cc1cc3c(cc1-2)Cc1cc2c(cc1-3)Cc1cccc3c1N2c1ccccc1C3.c1ccc2c(c1)Cc1ccc3c(c1-2)Cc1cc2c(cc1-3)Cc1cccc3c1N2c1ccccc1C3. The number of benzene rings is 15. The van der Waals surface area contributed by atoms with Crippen LogP contribution in [0.3, 0.4) is 0 Å². The van der Waals surface area contributed by atoms with Crippen molar-refractivity contribution < 1.29 is 0 Å². The summed E-state index contributed by atoms with van der Waals surface area (Å²) in [6.07, 6.45) is 12.4. The summed E-state index contributed by atoms with van der Waals surface area (Å²) < 4.78 is 0. The normalized spacial score (nSPS) is 12.3. The molecule has 0 unspecified atom stereocenters. The molecule has 0 fully saturated rings. The third kappa shape index (κ3) is 19.3. The van der Waals surface area contributed by atoms with Crippen molar-refractivity contribution in [2.24, 2.45) is 0 Å². The molecule has 0 atom stereocenters. The number of nitrogens with zero attached hydrogens (tertiary/aromatic N) is 3. The monoisotopic (exact) mass is 1790 g/mol. The Kier molecular flexibility index (Phi) is 38.6. The topological polar surface area (TPSA) is 9.72 Å². The van der Waals surface area contributed by atoms with Crippen molar-refractivity contribution in [2.75, 3.05) is 14.7 Å². The molecule has 6 aliphatic heterocycles. The van der Waals surface area contributed by atoms with Crippen LogP contribution in [0.1, 0.15) is 341 Å². The van der Waals surface area contributed by atoms with Crippen LogP contribution in [-0.4, -0.2) is 0 Å². The molecular weight excluding hydrogens is 1630 g/mol. The maximum atomic E-state index is 2.56. The van der Waals surface area contributed by atoms with Gasteiger partial charge in [-0.05, 0) is 312 Å². The van der Waals surface area contributed by atoms with Gasteiger partial charge in [0.05, 0.1) is 34.1 Å². The van der Waals surface area contributed by atoms with E-state index in [0.717, 1.165) is 77.0 Å². The molecule has 6 heterocycles. The smallest absolute Gasteiger partial charge is 0.0532 e. The lowest BCUT2D eigenvalue weighted by Crippen LogP contribution is -2.24. The highest BCUT2D eigenvalue weighted by molar-refractivity contribution is 5.99. The highest BCUT2D eigenvalue weighted by Gasteiger charge is 2.39. The predicted molar refractivity (Wildman–Crippen MR) is 600 cm³/mol. The van der Waals surface area contributed by atoms with E-state index in [4.69, 9.17) is 0 Å². The van der Waals surface area contributed by atoms with Gasteiger partial charge in [-0.15, -0.1) is 0 Å². The number of hydrogen-bond acceptors (Lipinski definition) is 3. The first-order valence-electron chi connectivity index (χ1n) is 53.1. The third-order valence-corrected chi connectivity index (χ3v) is 26.0. The van der Waals surface area contributed by atoms with Crippen molar-refractivity contribution >= 4 is 51.2 Å². The largest absolute Gasteiger partial charge is 0.309 e. The highest BCUT2D eigenvalue weighted by Crippen LogP contribution is 2.59. The van der Waals surface area contributed by atoms with E-state index in [2.05, 4.69) is 288 Å². The Balaban J connectivity index is 0.000000184. The van der Waals surface area contributed by atoms with E-state index in [1.54, 1.807) is 0 Å². The van der Waals surface area contributed by atoms with Crippen LogP contribution >= 0.6 is 0 Å². The quantitative estimate of drug-likeness (QED) is 0.150. The minimum absolute atomic E-state index is 1.01. The van der Waals surface area contributed by atoms with Crippen molar-refractivity contribution in [3.8, 4) is 66.8 Å². The van der Waals surface area contributed by atoms with Crippen molar-refractivity contribution in [2.45, 2.75) is 285 Å². The zero-order valence-electron chi connectivity index (χ0n) is 88.3. The van der Waals surface area contributed by atoms with Gasteiger partial charge in [0.25, 0.3) is 0 Å². The molecule has 0 saturated carbocycles. The van der Waals surface area contributed by atoms with Gasteiger partial charge in [-0.3, -0.25) is 0 Å². The molecule has 6 aliphatic carbocycles. The molecule has 0 aromatic heterocycles. The molecule has 0 bridgehead atoms. The summed E-state index contributed by atoms with van der Waals surface area (Å²) in [6.45, 7) is 60.0. The van der Waals surface area contributed by atoms with Gasteiger partial charge in [-0.25, -0.2) is 0 Å². The Morgan fingerprint density at radius 3 is 0.689 bits per heavy atom. The maximum Gasteiger partial charge on any atom is 0.0532 e. The Morgan fingerprint density at radius 2 is 0.341 bits per heavy atom. The fraction of sp³-hybridized carbons (Fsp3) is 0.318. The van der Waals surface area contributed by atoms with Crippen molar-refractivity contribution in [3.63, 3.8) is 0 Å². The lowest BCUT2D eigenvalue weighted by Gasteiger charge is -2.39. The maximum absolute atomic E-state index is 2.56. The minimum atomic E-state index is 1.01. The molecule has 3 nitrogen and oxygen atoms in total. The van der Waals surface area contributed by atoms with Crippen LogP contribution in [0, 0.1) is 0 Å². The highest BCUT2D eigenvalue weighted by atomic mass is 15.2. The number of anilines is 9. The van der Waals surface area contributed by atoms with Crippen molar-refractivity contribution in [3.05, 3.63) is 407 Å². The predicted octanol–water partition coefficient (Wildman–Crippen LogP) is 39.7. The van der Waals surface area contributed by atoms with Crippen LogP contribution < -0.4 is 14.7 Å². The first-order valence-corrected chi connectivity index (χ1v) is 53.1. The summed E-state index contributed by atoms with van der Waals surface area (Å²) in [6, 6.07) is 104. The third-order valence-electron chi connectivity index (χ3n) is 26.0. The van der Waals surface area contributed by atoms with Gasteiger partial charge in [0.15, 0.2) is 0 Å². The second kappa shape index (κ2) is 49.8. The second-order valence-corrected chi connectivity index (χ2v) is 31.6. The molecule has 0 spiro atoms. The molecule has 15 aromatic carbocycles. The molecule has 0 saturated heterocycles. The first-order chi connectivity index (χ1) is 67.0. The van der Waals surface area contributed by atoms with Gasteiger partial charge in [0.1, 0.15) is 0 Å². The van der Waals surface area contributed by atoms with E-state index >= 15 is 0 Å². The van der Waals surface area contributed by atoms with Gasteiger partial charge in [-0.1, -0.05) is 408 Å².